The van der Waals surface area contributed by atoms with Gasteiger partial charge in [-0.05, 0) is 57.1 Å². The molecule has 6 nitrogen and oxygen atoms in total. The molecule has 1 saturated heterocycles. The number of carboxylic acids is 1. The predicted octanol–water partition coefficient (Wildman–Crippen LogP) is 3.67. The number of aromatic nitrogens is 2. The number of rotatable bonds is 4. The number of carbonyl (C=O) groups is 1. The lowest BCUT2D eigenvalue weighted by Crippen LogP contribution is -2.37. The number of hydrogen-bond donors (Lipinski definition) is 1. The summed E-state index contributed by atoms with van der Waals surface area (Å²) < 4.78 is 5.39. The first kappa shape index (κ1) is 18.7. The van der Waals surface area contributed by atoms with Crippen LogP contribution in [0.5, 0.6) is 0 Å². The van der Waals surface area contributed by atoms with Crippen LogP contribution in [0.4, 0.5) is 0 Å². The Morgan fingerprint density at radius 2 is 1.96 bits per heavy atom. The third kappa shape index (κ3) is 4.06. The Kier molecular flexibility index (Phi) is 6.21. The number of hydrogen-bond acceptors (Lipinski definition) is 5. The lowest BCUT2D eigenvalue weighted by atomic mass is 9.96. The van der Waals surface area contributed by atoms with Gasteiger partial charge >= 0.3 is 5.97 Å². The maximum atomic E-state index is 11.0. The molecule has 2 aromatic rings. The number of benzene rings is 1. The molecule has 0 bridgehead atoms. The monoisotopic (exact) mass is 371 g/mol. The largest absolute Gasteiger partial charge is 0.481 e. The summed E-state index contributed by atoms with van der Waals surface area (Å²) >= 11 is 5.88. The van der Waals surface area contributed by atoms with E-state index in [2.05, 4.69) is 15.0 Å². The van der Waals surface area contributed by atoms with E-state index < -0.39 is 5.97 Å². The quantitative estimate of drug-likeness (QED) is 0.882. The molecule has 0 spiro atoms. The topological polar surface area (TPSA) is 79.5 Å². The summed E-state index contributed by atoms with van der Waals surface area (Å²) in [4.78, 5) is 17.7. The van der Waals surface area contributed by atoms with Gasteiger partial charge in [0.2, 0.25) is 11.7 Å². The molecule has 1 N–H and O–H groups in total. The van der Waals surface area contributed by atoms with E-state index in [9.17, 15) is 4.79 Å². The Balaban J connectivity index is 0.00000208. The number of nitrogens with zero attached hydrogens (tertiary/aromatic N) is 3. The summed E-state index contributed by atoms with van der Waals surface area (Å²) in [6.45, 7) is 3.44. The number of halogens is 2. The summed E-state index contributed by atoms with van der Waals surface area (Å²) in [6, 6.07) is 7.23. The van der Waals surface area contributed by atoms with Crippen molar-refractivity contribution >= 4 is 30.0 Å². The van der Waals surface area contributed by atoms with Crippen LogP contribution in [0, 0.1) is 5.92 Å². The standard InChI is InChI=1S/C16H18ClN3O3.ClH/c1-10(20-8-6-12(7-9-20)16(21)22)15-18-14(19-23-15)11-2-4-13(17)5-3-11;/h2-5,10,12H,6-9H2,1H3,(H,21,22);1H. The van der Waals surface area contributed by atoms with Gasteiger partial charge in [0.15, 0.2) is 0 Å². The van der Waals surface area contributed by atoms with Crippen LogP contribution >= 0.6 is 24.0 Å². The molecule has 24 heavy (non-hydrogen) atoms. The van der Waals surface area contributed by atoms with Gasteiger partial charge in [-0.15, -0.1) is 12.4 Å². The van der Waals surface area contributed by atoms with Gasteiger partial charge in [0.1, 0.15) is 0 Å². The van der Waals surface area contributed by atoms with Crippen LogP contribution < -0.4 is 0 Å². The molecule has 1 unspecified atom stereocenters. The molecule has 1 aliphatic rings. The van der Waals surface area contributed by atoms with E-state index in [-0.39, 0.29) is 24.4 Å². The third-order valence-corrected chi connectivity index (χ3v) is 4.58. The van der Waals surface area contributed by atoms with Crippen LogP contribution in [0.15, 0.2) is 28.8 Å². The molecule has 0 amide bonds. The first-order valence-corrected chi connectivity index (χ1v) is 7.99. The molecule has 1 aromatic carbocycles. The molecule has 2 heterocycles. The highest BCUT2D eigenvalue weighted by atomic mass is 35.5. The average Bonchev–Trinajstić information content (AvgIpc) is 3.05. The van der Waals surface area contributed by atoms with Crippen LogP contribution in [-0.4, -0.2) is 39.2 Å². The Hall–Kier alpha value is -1.63. The fourth-order valence-electron chi connectivity index (χ4n) is 2.81. The van der Waals surface area contributed by atoms with E-state index >= 15 is 0 Å². The molecule has 0 aliphatic carbocycles. The minimum atomic E-state index is -0.708. The van der Waals surface area contributed by atoms with E-state index in [0.717, 1.165) is 18.7 Å². The van der Waals surface area contributed by atoms with Gasteiger partial charge < -0.3 is 9.63 Å². The number of carboxylic acid groups (broad SMARTS) is 1. The molecule has 0 radical (unpaired) electrons. The van der Waals surface area contributed by atoms with Gasteiger partial charge in [0.25, 0.3) is 0 Å². The molecule has 3 rings (SSSR count). The summed E-state index contributed by atoms with van der Waals surface area (Å²) in [5.41, 5.74) is 0.848. The van der Waals surface area contributed by atoms with Gasteiger partial charge in [0.05, 0.1) is 12.0 Å². The predicted molar refractivity (Wildman–Crippen MR) is 92.3 cm³/mol. The normalized spacial score (nSPS) is 17.2. The number of piperidine rings is 1. The minimum absolute atomic E-state index is 0. The van der Waals surface area contributed by atoms with Crippen LogP contribution in [0.1, 0.15) is 31.7 Å². The van der Waals surface area contributed by atoms with Crippen molar-refractivity contribution in [1.82, 2.24) is 15.0 Å². The van der Waals surface area contributed by atoms with Gasteiger partial charge in [-0.3, -0.25) is 9.69 Å². The van der Waals surface area contributed by atoms with Gasteiger partial charge in [0, 0.05) is 10.6 Å². The molecule has 1 atom stereocenters. The minimum Gasteiger partial charge on any atom is -0.481 e. The first-order valence-electron chi connectivity index (χ1n) is 7.61. The highest BCUT2D eigenvalue weighted by Crippen LogP contribution is 2.27. The highest BCUT2D eigenvalue weighted by molar-refractivity contribution is 6.30. The second-order valence-electron chi connectivity index (χ2n) is 5.79. The summed E-state index contributed by atoms with van der Waals surface area (Å²) in [7, 11) is 0. The van der Waals surface area contributed by atoms with Gasteiger partial charge in [-0.25, -0.2) is 0 Å². The lowest BCUT2D eigenvalue weighted by Gasteiger charge is -2.32. The van der Waals surface area contributed by atoms with Crippen molar-refractivity contribution in [2.24, 2.45) is 5.92 Å². The number of likely N-dealkylation sites (tertiary alicyclic amines) is 1. The molecular formula is C16H19Cl2N3O3. The van der Waals surface area contributed by atoms with Crippen molar-refractivity contribution in [2.45, 2.75) is 25.8 Å². The van der Waals surface area contributed by atoms with E-state index in [1.54, 1.807) is 12.1 Å². The van der Waals surface area contributed by atoms with Crippen LogP contribution in [0.2, 0.25) is 5.02 Å². The Labute approximate surface area is 151 Å². The molecule has 1 aliphatic heterocycles. The van der Waals surface area contributed by atoms with E-state index in [1.165, 1.54) is 0 Å². The van der Waals surface area contributed by atoms with Crippen molar-refractivity contribution < 1.29 is 14.4 Å². The van der Waals surface area contributed by atoms with Crippen LogP contribution in [0.25, 0.3) is 11.4 Å². The SMILES string of the molecule is CC(c1nc(-c2ccc(Cl)cc2)no1)N1CCC(C(=O)O)CC1.Cl. The Morgan fingerprint density at radius 1 is 1.33 bits per heavy atom. The van der Waals surface area contributed by atoms with Gasteiger partial charge in [-0.1, -0.05) is 16.8 Å². The van der Waals surface area contributed by atoms with Gasteiger partial charge in [-0.2, -0.15) is 4.98 Å². The smallest absolute Gasteiger partial charge is 0.306 e. The van der Waals surface area contributed by atoms with Crippen molar-refractivity contribution in [1.29, 1.82) is 0 Å². The van der Waals surface area contributed by atoms with Crippen molar-refractivity contribution in [3.05, 3.63) is 35.2 Å². The zero-order chi connectivity index (χ0) is 16.4. The molecule has 130 valence electrons. The Morgan fingerprint density at radius 3 is 2.54 bits per heavy atom. The molecule has 0 saturated carbocycles. The molecule has 1 fully saturated rings. The van der Waals surface area contributed by atoms with Crippen molar-refractivity contribution in [2.75, 3.05) is 13.1 Å². The zero-order valence-electron chi connectivity index (χ0n) is 13.2. The molecular weight excluding hydrogens is 353 g/mol. The summed E-state index contributed by atoms with van der Waals surface area (Å²) in [6.07, 6.45) is 1.30. The first-order chi connectivity index (χ1) is 11.0. The van der Waals surface area contributed by atoms with E-state index in [0.29, 0.717) is 29.6 Å². The maximum absolute atomic E-state index is 11.0. The summed E-state index contributed by atoms with van der Waals surface area (Å²) in [5.74, 6) is 0.124. The summed E-state index contributed by atoms with van der Waals surface area (Å²) in [5, 5.41) is 13.7. The molecule has 8 heteroatoms. The molecule has 1 aromatic heterocycles. The highest BCUT2D eigenvalue weighted by Gasteiger charge is 2.29. The fraction of sp³-hybridized carbons (Fsp3) is 0.438. The van der Waals surface area contributed by atoms with Crippen LogP contribution in [-0.2, 0) is 4.79 Å². The maximum Gasteiger partial charge on any atom is 0.306 e. The second-order valence-corrected chi connectivity index (χ2v) is 6.22. The Bertz CT molecular complexity index is 682. The van der Waals surface area contributed by atoms with E-state index in [1.807, 2.05) is 19.1 Å². The average molecular weight is 372 g/mol. The van der Waals surface area contributed by atoms with Crippen molar-refractivity contribution in [3.8, 4) is 11.4 Å². The number of aliphatic carboxylic acids is 1. The van der Waals surface area contributed by atoms with Crippen LogP contribution in [0.3, 0.4) is 0 Å². The third-order valence-electron chi connectivity index (χ3n) is 4.33. The zero-order valence-corrected chi connectivity index (χ0v) is 14.8. The fourth-order valence-corrected chi connectivity index (χ4v) is 2.94. The van der Waals surface area contributed by atoms with E-state index in [4.69, 9.17) is 21.2 Å². The van der Waals surface area contributed by atoms with Crippen molar-refractivity contribution in [3.63, 3.8) is 0 Å². The lowest BCUT2D eigenvalue weighted by molar-refractivity contribution is -0.143. The second kappa shape index (κ2) is 7.96.